The topological polar surface area (TPSA) is 63.8 Å². The van der Waals surface area contributed by atoms with Crippen molar-refractivity contribution in [1.29, 1.82) is 0 Å². The summed E-state index contributed by atoms with van der Waals surface area (Å²) in [7, 11) is 0. The van der Waals surface area contributed by atoms with Crippen molar-refractivity contribution in [2.75, 3.05) is 11.9 Å². The Balaban J connectivity index is 2.24. The fraction of sp³-hybridized carbons (Fsp3) is 0.688. The molecule has 0 aliphatic heterocycles. The summed E-state index contributed by atoms with van der Waals surface area (Å²) in [6.45, 7) is 7.38. The first-order valence-corrected chi connectivity index (χ1v) is 8.39. The van der Waals surface area contributed by atoms with Gasteiger partial charge in [-0.15, -0.1) is 5.10 Å². The van der Waals surface area contributed by atoms with Crippen LogP contribution < -0.4 is 11.1 Å². The molecule has 1 aromatic heterocycles. The van der Waals surface area contributed by atoms with Crippen LogP contribution in [0.5, 0.6) is 0 Å². The van der Waals surface area contributed by atoms with Gasteiger partial charge in [0.1, 0.15) is 4.99 Å². The molecular weight excluding hydrogens is 280 g/mol. The van der Waals surface area contributed by atoms with Crippen LogP contribution in [0.1, 0.15) is 63.3 Å². The second-order valence-electron chi connectivity index (χ2n) is 6.02. The Morgan fingerprint density at radius 3 is 2.43 bits per heavy atom. The van der Waals surface area contributed by atoms with Crippen molar-refractivity contribution >= 4 is 23.0 Å². The molecule has 1 aromatic rings. The average Bonchev–Trinajstić information content (AvgIpc) is 3.24. The van der Waals surface area contributed by atoms with E-state index in [-0.39, 0.29) is 0 Å². The predicted octanol–water partition coefficient (Wildman–Crippen LogP) is 3.23. The van der Waals surface area contributed by atoms with Gasteiger partial charge in [0.25, 0.3) is 0 Å². The number of aryl methyl sites for hydroxylation is 1. The largest absolute Gasteiger partial charge is 0.389 e. The van der Waals surface area contributed by atoms with Crippen LogP contribution >= 0.6 is 12.2 Å². The fourth-order valence-electron chi connectivity index (χ4n) is 3.06. The number of nitrogens with one attached hydrogen (secondary N) is 1. The van der Waals surface area contributed by atoms with E-state index in [1.54, 1.807) is 0 Å². The average molecular weight is 306 g/mol. The zero-order valence-electron chi connectivity index (χ0n) is 13.3. The maximum atomic E-state index is 5.95. The highest BCUT2D eigenvalue weighted by Gasteiger charge is 2.41. The van der Waals surface area contributed by atoms with Crippen LogP contribution in [0.15, 0.2) is 0 Å². The van der Waals surface area contributed by atoms with Crippen LogP contribution in [0.4, 0.5) is 5.82 Å². The minimum absolute atomic E-state index is 0.416. The summed E-state index contributed by atoms with van der Waals surface area (Å²) >= 11 is 5.26. The number of thiocarbonyl (C=S) groups is 1. The van der Waals surface area contributed by atoms with Gasteiger partial charge in [0, 0.05) is 6.54 Å². The highest BCUT2D eigenvalue weighted by atomic mass is 32.1. The van der Waals surface area contributed by atoms with Gasteiger partial charge < -0.3 is 11.1 Å². The molecule has 2 rings (SSSR count). The van der Waals surface area contributed by atoms with Gasteiger partial charge >= 0.3 is 0 Å². The monoisotopic (exact) mass is 306 g/mol. The van der Waals surface area contributed by atoms with Crippen molar-refractivity contribution in [2.45, 2.75) is 59.3 Å². The van der Waals surface area contributed by atoms with Crippen LogP contribution in [0.3, 0.4) is 0 Å². The molecule has 0 bridgehead atoms. The van der Waals surface area contributed by atoms with E-state index in [4.69, 9.17) is 18.0 Å². The lowest BCUT2D eigenvalue weighted by Crippen LogP contribution is -2.23. The second-order valence-corrected chi connectivity index (χ2v) is 6.46. The summed E-state index contributed by atoms with van der Waals surface area (Å²) in [5.41, 5.74) is 9.45. The Bertz CT molecular complexity index is 523. The normalized spacial score (nSPS) is 15.8. The Labute approximate surface area is 132 Å². The third-order valence-electron chi connectivity index (χ3n) is 4.46. The summed E-state index contributed by atoms with van der Waals surface area (Å²) in [4.78, 5) is 0.416. The first-order chi connectivity index (χ1) is 10.1. The SMILES string of the molecule is CCCC1(CNc2nnc(CC)c(CC)c2C(N)=S)CC1. The summed E-state index contributed by atoms with van der Waals surface area (Å²) in [5.74, 6) is 0.763. The lowest BCUT2D eigenvalue weighted by atomic mass is 10.00. The third-order valence-corrected chi connectivity index (χ3v) is 4.66. The molecule has 3 N–H and O–H groups in total. The molecule has 0 radical (unpaired) electrons. The number of rotatable bonds is 8. The van der Waals surface area contributed by atoms with E-state index < -0.39 is 0 Å². The predicted molar refractivity (Wildman–Crippen MR) is 91.7 cm³/mol. The fourth-order valence-corrected chi connectivity index (χ4v) is 3.28. The number of hydrogen-bond acceptors (Lipinski definition) is 4. The molecule has 1 aliphatic rings. The van der Waals surface area contributed by atoms with Gasteiger partial charge in [0.15, 0.2) is 5.82 Å². The standard InChI is InChI=1S/C16H26N4S/c1-4-7-16(8-9-16)10-18-15-13(14(17)21)11(5-2)12(6-3)19-20-15/h4-10H2,1-3H3,(H2,17,21)(H,18,20). The quantitative estimate of drug-likeness (QED) is 0.722. The molecule has 0 atom stereocenters. The molecule has 116 valence electrons. The van der Waals surface area contributed by atoms with E-state index in [0.717, 1.165) is 42.0 Å². The van der Waals surface area contributed by atoms with Crippen LogP contribution in [0.25, 0.3) is 0 Å². The zero-order chi connectivity index (χ0) is 15.5. The molecular formula is C16H26N4S. The van der Waals surface area contributed by atoms with E-state index in [1.165, 1.54) is 25.7 Å². The van der Waals surface area contributed by atoms with Gasteiger partial charge in [0.2, 0.25) is 0 Å². The lowest BCUT2D eigenvalue weighted by Gasteiger charge is -2.19. The molecule has 0 spiro atoms. The second kappa shape index (κ2) is 6.69. The van der Waals surface area contributed by atoms with Crippen molar-refractivity contribution in [3.63, 3.8) is 0 Å². The highest BCUT2D eigenvalue weighted by molar-refractivity contribution is 7.80. The molecule has 0 amide bonds. The van der Waals surface area contributed by atoms with Crippen molar-refractivity contribution in [2.24, 2.45) is 11.1 Å². The third kappa shape index (κ3) is 3.51. The first kappa shape index (κ1) is 16.1. The van der Waals surface area contributed by atoms with Crippen molar-refractivity contribution < 1.29 is 0 Å². The van der Waals surface area contributed by atoms with Gasteiger partial charge in [-0.3, -0.25) is 0 Å². The highest BCUT2D eigenvalue weighted by Crippen LogP contribution is 2.49. The van der Waals surface area contributed by atoms with Crippen molar-refractivity contribution in [3.8, 4) is 0 Å². The lowest BCUT2D eigenvalue weighted by molar-refractivity contribution is 0.484. The van der Waals surface area contributed by atoms with Gasteiger partial charge in [-0.05, 0) is 43.1 Å². The van der Waals surface area contributed by atoms with Crippen LogP contribution in [-0.2, 0) is 12.8 Å². The molecule has 1 saturated carbocycles. The minimum atomic E-state index is 0.416. The summed E-state index contributed by atoms with van der Waals surface area (Å²) in [6, 6.07) is 0. The van der Waals surface area contributed by atoms with Crippen LogP contribution in [0, 0.1) is 5.41 Å². The Hall–Kier alpha value is -1.23. The van der Waals surface area contributed by atoms with Gasteiger partial charge in [-0.1, -0.05) is 39.4 Å². The van der Waals surface area contributed by atoms with Gasteiger partial charge in [-0.25, -0.2) is 0 Å². The molecule has 21 heavy (non-hydrogen) atoms. The van der Waals surface area contributed by atoms with Crippen molar-refractivity contribution in [1.82, 2.24) is 10.2 Å². The summed E-state index contributed by atoms with van der Waals surface area (Å²) in [6.07, 6.45) is 6.83. The number of anilines is 1. The molecule has 0 aromatic carbocycles. The minimum Gasteiger partial charge on any atom is -0.389 e. The van der Waals surface area contributed by atoms with E-state index in [2.05, 4.69) is 36.3 Å². The molecule has 0 unspecified atom stereocenters. The Morgan fingerprint density at radius 1 is 1.24 bits per heavy atom. The molecule has 1 fully saturated rings. The van der Waals surface area contributed by atoms with Gasteiger partial charge in [0.05, 0.1) is 11.3 Å². The van der Waals surface area contributed by atoms with E-state index in [1.807, 2.05) is 0 Å². The van der Waals surface area contributed by atoms with Crippen LogP contribution in [-0.4, -0.2) is 21.7 Å². The first-order valence-electron chi connectivity index (χ1n) is 7.99. The summed E-state index contributed by atoms with van der Waals surface area (Å²) in [5, 5.41) is 12.2. The Kier molecular flexibility index (Phi) is 5.14. The molecule has 5 heteroatoms. The van der Waals surface area contributed by atoms with Crippen LogP contribution in [0.2, 0.25) is 0 Å². The van der Waals surface area contributed by atoms with Crippen molar-refractivity contribution in [3.05, 3.63) is 16.8 Å². The zero-order valence-corrected chi connectivity index (χ0v) is 14.1. The molecule has 4 nitrogen and oxygen atoms in total. The maximum absolute atomic E-state index is 5.95. The smallest absolute Gasteiger partial charge is 0.159 e. The number of nitrogens with two attached hydrogens (primary N) is 1. The van der Waals surface area contributed by atoms with E-state index in [0.29, 0.717) is 10.4 Å². The molecule has 1 heterocycles. The number of aromatic nitrogens is 2. The van der Waals surface area contributed by atoms with Gasteiger partial charge in [-0.2, -0.15) is 5.10 Å². The van der Waals surface area contributed by atoms with E-state index >= 15 is 0 Å². The molecule has 0 saturated heterocycles. The Morgan fingerprint density at radius 2 is 1.95 bits per heavy atom. The summed E-state index contributed by atoms with van der Waals surface area (Å²) < 4.78 is 0. The van der Waals surface area contributed by atoms with E-state index in [9.17, 15) is 0 Å². The number of hydrogen-bond donors (Lipinski definition) is 2. The molecule has 1 aliphatic carbocycles. The number of nitrogens with zero attached hydrogens (tertiary/aromatic N) is 2. The maximum Gasteiger partial charge on any atom is 0.159 e.